The molecule has 2 saturated heterocycles. The summed E-state index contributed by atoms with van der Waals surface area (Å²) >= 11 is 0. The zero-order valence-electron chi connectivity index (χ0n) is 21.8. The highest BCUT2D eigenvalue weighted by Crippen LogP contribution is 2.73. The lowest BCUT2D eigenvalue weighted by molar-refractivity contribution is -0.217. The Bertz CT molecular complexity index is 579. The Morgan fingerprint density at radius 2 is 1.45 bits per heavy atom. The molecule has 6 heteroatoms. The lowest BCUT2D eigenvalue weighted by atomic mass is 9.96. The zero-order valence-corrected chi connectivity index (χ0v) is 21.8. The van der Waals surface area contributed by atoms with Crippen LogP contribution < -0.4 is 0 Å². The minimum absolute atomic E-state index is 0.0419. The van der Waals surface area contributed by atoms with Crippen molar-refractivity contribution in [1.29, 1.82) is 0 Å². The lowest BCUT2D eigenvalue weighted by Gasteiger charge is -2.36. The van der Waals surface area contributed by atoms with Gasteiger partial charge in [-0.15, -0.1) is 0 Å². The van der Waals surface area contributed by atoms with Crippen LogP contribution in [0.4, 0.5) is 0 Å². The van der Waals surface area contributed by atoms with Gasteiger partial charge in [-0.1, -0.05) is 72.1 Å². The highest BCUT2D eigenvalue weighted by molar-refractivity contribution is 5.40. The Morgan fingerprint density at radius 3 is 2.12 bits per heavy atom. The average molecular weight is 470 g/mol. The molecule has 2 heterocycles. The van der Waals surface area contributed by atoms with Crippen molar-refractivity contribution in [1.82, 2.24) is 4.90 Å². The highest BCUT2D eigenvalue weighted by Gasteiger charge is 2.93. The van der Waals surface area contributed by atoms with E-state index in [0.717, 1.165) is 32.5 Å². The Labute approximate surface area is 202 Å². The minimum atomic E-state index is -1.36. The molecule has 2 aliphatic heterocycles. The summed E-state index contributed by atoms with van der Waals surface area (Å²) in [4.78, 5) is 2.42. The quantitative estimate of drug-likeness (QED) is 0.340. The molecule has 0 aromatic carbocycles. The Hall–Kier alpha value is -0.240. The molecular formula is C27H51NO5. The molecule has 0 radical (unpaired) electrons. The van der Waals surface area contributed by atoms with Crippen LogP contribution >= 0.6 is 0 Å². The van der Waals surface area contributed by atoms with Crippen molar-refractivity contribution >= 4 is 0 Å². The van der Waals surface area contributed by atoms with E-state index < -0.39 is 29.0 Å². The standard InChI is InChI=1S/C27H51NO5/c1-5-6-7-8-9-12-15-19-31-20-16-21-32-24-27(30)25(3,4)26(27,29)23(33-24)22(2)28-17-13-10-11-14-18-28/h22-24,29-30H,5-21H2,1-4H3/t22-,23+,24-,26+,27-/m0/s1. The van der Waals surface area contributed by atoms with Gasteiger partial charge in [0.2, 0.25) is 0 Å². The average Bonchev–Trinajstić information content (AvgIpc) is 3.21. The van der Waals surface area contributed by atoms with Gasteiger partial charge in [0, 0.05) is 24.7 Å². The molecule has 0 aromatic heterocycles. The van der Waals surface area contributed by atoms with E-state index in [-0.39, 0.29) is 6.04 Å². The predicted octanol–water partition coefficient (Wildman–Crippen LogP) is 4.65. The molecule has 3 fully saturated rings. The summed E-state index contributed by atoms with van der Waals surface area (Å²) in [7, 11) is 0. The van der Waals surface area contributed by atoms with Crippen molar-refractivity contribution in [3.05, 3.63) is 0 Å². The van der Waals surface area contributed by atoms with Gasteiger partial charge < -0.3 is 24.4 Å². The number of likely N-dealkylation sites (tertiary alicyclic amines) is 1. The summed E-state index contributed by atoms with van der Waals surface area (Å²) in [5.41, 5.74) is -3.28. The van der Waals surface area contributed by atoms with E-state index in [0.29, 0.717) is 13.2 Å². The molecule has 1 aliphatic carbocycles. The maximum atomic E-state index is 11.5. The van der Waals surface area contributed by atoms with E-state index in [1.807, 2.05) is 13.8 Å². The van der Waals surface area contributed by atoms with Gasteiger partial charge in [0.1, 0.15) is 11.7 Å². The maximum Gasteiger partial charge on any atom is 0.190 e. The largest absolute Gasteiger partial charge is 0.383 e. The van der Waals surface area contributed by atoms with E-state index in [1.165, 1.54) is 64.2 Å². The fourth-order valence-corrected chi connectivity index (χ4v) is 6.20. The topological polar surface area (TPSA) is 71.4 Å². The molecule has 5 atom stereocenters. The third kappa shape index (κ3) is 5.46. The van der Waals surface area contributed by atoms with Gasteiger partial charge in [-0.25, -0.2) is 0 Å². The number of aliphatic hydroxyl groups is 2. The first-order valence-corrected chi connectivity index (χ1v) is 13.9. The summed E-state index contributed by atoms with van der Waals surface area (Å²) in [5, 5.41) is 23.0. The number of fused-ring (bicyclic) bond motifs is 1. The van der Waals surface area contributed by atoms with E-state index in [1.54, 1.807) is 0 Å². The molecule has 0 spiro atoms. The summed E-state index contributed by atoms with van der Waals surface area (Å²) in [6, 6.07) is 0.0419. The minimum Gasteiger partial charge on any atom is -0.383 e. The van der Waals surface area contributed by atoms with Crippen LogP contribution in [0.3, 0.4) is 0 Å². The van der Waals surface area contributed by atoms with Crippen molar-refractivity contribution in [2.75, 3.05) is 32.9 Å². The molecule has 194 valence electrons. The predicted molar refractivity (Wildman–Crippen MR) is 131 cm³/mol. The molecule has 3 aliphatic rings. The first-order valence-electron chi connectivity index (χ1n) is 13.9. The summed E-state index contributed by atoms with van der Waals surface area (Å²) in [6.07, 6.45) is 13.4. The Kier molecular flexibility index (Phi) is 10.1. The Balaban J connectivity index is 1.38. The van der Waals surface area contributed by atoms with Gasteiger partial charge in [-0.05, 0) is 45.7 Å². The second-order valence-electron chi connectivity index (χ2n) is 11.2. The van der Waals surface area contributed by atoms with E-state index in [4.69, 9.17) is 14.2 Å². The van der Waals surface area contributed by atoms with Gasteiger partial charge in [0.15, 0.2) is 11.9 Å². The van der Waals surface area contributed by atoms with E-state index >= 15 is 0 Å². The third-order valence-electron chi connectivity index (χ3n) is 8.70. The van der Waals surface area contributed by atoms with Gasteiger partial charge in [-0.3, -0.25) is 4.90 Å². The van der Waals surface area contributed by atoms with Gasteiger partial charge in [-0.2, -0.15) is 0 Å². The second-order valence-corrected chi connectivity index (χ2v) is 11.2. The van der Waals surface area contributed by atoms with Crippen LogP contribution in [0.15, 0.2) is 0 Å². The smallest absolute Gasteiger partial charge is 0.190 e. The van der Waals surface area contributed by atoms with Crippen molar-refractivity contribution in [2.45, 2.75) is 134 Å². The van der Waals surface area contributed by atoms with Crippen LogP contribution in [0.2, 0.25) is 0 Å². The van der Waals surface area contributed by atoms with Crippen molar-refractivity contribution in [3.8, 4) is 0 Å². The first-order chi connectivity index (χ1) is 15.8. The number of ether oxygens (including phenoxy) is 3. The Morgan fingerprint density at radius 1 is 0.848 bits per heavy atom. The van der Waals surface area contributed by atoms with Crippen LogP contribution in [-0.2, 0) is 14.2 Å². The van der Waals surface area contributed by atoms with Crippen LogP contribution in [0, 0.1) is 5.41 Å². The number of hydrogen-bond donors (Lipinski definition) is 2. The van der Waals surface area contributed by atoms with Gasteiger partial charge >= 0.3 is 0 Å². The summed E-state index contributed by atoms with van der Waals surface area (Å²) < 4.78 is 18.0. The van der Waals surface area contributed by atoms with Gasteiger partial charge in [0.05, 0.1) is 6.61 Å². The molecule has 33 heavy (non-hydrogen) atoms. The molecule has 1 saturated carbocycles. The molecule has 3 rings (SSSR count). The fourth-order valence-electron chi connectivity index (χ4n) is 6.20. The van der Waals surface area contributed by atoms with Crippen molar-refractivity contribution in [3.63, 3.8) is 0 Å². The first kappa shape index (κ1) is 27.3. The molecule has 0 bridgehead atoms. The van der Waals surface area contributed by atoms with Crippen LogP contribution in [0.25, 0.3) is 0 Å². The molecule has 0 amide bonds. The molecule has 6 nitrogen and oxygen atoms in total. The number of unbranched alkanes of at least 4 members (excludes halogenated alkanes) is 6. The number of rotatable bonds is 15. The normalized spacial score (nSPS) is 34.7. The fraction of sp³-hybridized carbons (Fsp3) is 1.00. The van der Waals surface area contributed by atoms with Crippen LogP contribution in [0.1, 0.15) is 105 Å². The third-order valence-corrected chi connectivity index (χ3v) is 8.70. The zero-order chi connectivity index (χ0) is 24.0. The highest BCUT2D eigenvalue weighted by atomic mass is 16.7. The molecular weight excluding hydrogens is 418 g/mol. The summed E-state index contributed by atoms with van der Waals surface area (Å²) in [5.74, 6) is 0. The second kappa shape index (κ2) is 12.1. The number of nitrogens with zero attached hydrogens (tertiary/aromatic N) is 1. The van der Waals surface area contributed by atoms with E-state index in [2.05, 4.69) is 18.7 Å². The van der Waals surface area contributed by atoms with Crippen molar-refractivity contribution < 1.29 is 24.4 Å². The van der Waals surface area contributed by atoms with Crippen molar-refractivity contribution in [2.24, 2.45) is 5.41 Å². The summed E-state index contributed by atoms with van der Waals surface area (Å²) in [6.45, 7) is 12.2. The van der Waals surface area contributed by atoms with Gasteiger partial charge in [0.25, 0.3) is 0 Å². The SMILES string of the molecule is CCCCCCCCCOCCCO[C@H]1O[C@H]([C@H](C)N2CCCCCC2)[C@@]2(O)C(C)(C)[C@@]12O. The maximum absolute atomic E-state index is 11.5. The lowest BCUT2D eigenvalue weighted by Crippen LogP contribution is -2.50. The number of hydrogen-bond acceptors (Lipinski definition) is 6. The van der Waals surface area contributed by atoms with Crippen LogP contribution in [0.5, 0.6) is 0 Å². The van der Waals surface area contributed by atoms with Crippen LogP contribution in [-0.4, -0.2) is 77.7 Å². The molecule has 0 aromatic rings. The molecule has 2 N–H and O–H groups in total. The van der Waals surface area contributed by atoms with E-state index in [9.17, 15) is 10.2 Å². The molecule has 0 unspecified atom stereocenters. The monoisotopic (exact) mass is 469 g/mol.